The molecule has 0 saturated carbocycles. The summed E-state index contributed by atoms with van der Waals surface area (Å²) in [6, 6.07) is 19.0. The molecule has 8 nitrogen and oxygen atoms in total. The molecule has 0 aliphatic carbocycles. The predicted octanol–water partition coefficient (Wildman–Crippen LogP) is 6.85. The number of rotatable bonds is 10. The quantitative estimate of drug-likeness (QED) is 0.134. The van der Waals surface area contributed by atoms with Gasteiger partial charge in [-0.05, 0) is 80.8 Å². The number of aliphatic hydroxyl groups is 1. The Bertz CT molecular complexity index is 2010. The van der Waals surface area contributed by atoms with Crippen molar-refractivity contribution in [2.75, 3.05) is 6.61 Å². The molecular formula is C34H40N4O4SSi. The summed E-state index contributed by atoms with van der Waals surface area (Å²) in [6.07, 6.45) is 2.18. The number of imidazole rings is 1. The van der Waals surface area contributed by atoms with Gasteiger partial charge in [0.1, 0.15) is 18.2 Å². The first kappa shape index (κ1) is 31.7. The van der Waals surface area contributed by atoms with Crippen LogP contribution in [0.5, 0.6) is 0 Å². The van der Waals surface area contributed by atoms with Crippen LogP contribution in [0.15, 0.2) is 65.7 Å². The highest BCUT2D eigenvalue weighted by Gasteiger charge is 2.37. The van der Waals surface area contributed by atoms with Gasteiger partial charge in [0.2, 0.25) is 0 Å². The first-order valence-electron chi connectivity index (χ1n) is 14.9. The van der Waals surface area contributed by atoms with Crippen molar-refractivity contribution in [3.05, 3.63) is 94.4 Å². The maximum Gasteiger partial charge on any atom is 0.268 e. The fourth-order valence-electron chi connectivity index (χ4n) is 5.80. The van der Waals surface area contributed by atoms with Gasteiger partial charge in [-0.2, -0.15) is 5.26 Å². The third kappa shape index (κ3) is 5.73. The number of ether oxygens (including phenoxy) is 1. The highest BCUT2D eigenvalue weighted by Crippen LogP contribution is 2.40. The van der Waals surface area contributed by atoms with E-state index < -0.39 is 23.7 Å². The lowest BCUT2D eigenvalue weighted by Gasteiger charge is -2.28. The molecule has 0 saturated heterocycles. The van der Waals surface area contributed by atoms with Crippen molar-refractivity contribution in [3.8, 4) is 6.07 Å². The number of benzene rings is 3. The largest absolute Gasteiger partial charge is 0.377 e. The van der Waals surface area contributed by atoms with E-state index in [0.717, 1.165) is 28.3 Å². The van der Waals surface area contributed by atoms with Gasteiger partial charge in [0.05, 0.1) is 33.1 Å². The van der Waals surface area contributed by atoms with Crippen LogP contribution in [0.2, 0.25) is 25.7 Å². The van der Waals surface area contributed by atoms with Crippen molar-refractivity contribution in [2.24, 2.45) is 0 Å². The van der Waals surface area contributed by atoms with Gasteiger partial charge >= 0.3 is 0 Å². The van der Waals surface area contributed by atoms with Gasteiger partial charge in [0.25, 0.3) is 10.0 Å². The van der Waals surface area contributed by atoms with Gasteiger partial charge in [0, 0.05) is 31.8 Å². The van der Waals surface area contributed by atoms with Crippen LogP contribution in [0.1, 0.15) is 47.5 Å². The Morgan fingerprint density at radius 2 is 1.77 bits per heavy atom. The molecule has 0 amide bonds. The topological polar surface area (TPSA) is 110 Å². The van der Waals surface area contributed by atoms with E-state index in [-0.39, 0.29) is 11.6 Å². The summed E-state index contributed by atoms with van der Waals surface area (Å²) in [5.74, 6) is 0.365. The lowest BCUT2D eigenvalue weighted by Crippen LogP contribution is -2.30. The molecule has 230 valence electrons. The predicted molar refractivity (Wildman–Crippen MR) is 177 cm³/mol. The Morgan fingerprint density at radius 1 is 1.07 bits per heavy atom. The number of hydrogen-bond donors (Lipinski definition) is 1. The van der Waals surface area contributed by atoms with Crippen LogP contribution in [-0.4, -0.2) is 41.7 Å². The van der Waals surface area contributed by atoms with Crippen molar-refractivity contribution >= 4 is 40.0 Å². The van der Waals surface area contributed by atoms with Crippen molar-refractivity contribution in [1.82, 2.24) is 13.5 Å². The van der Waals surface area contributed by atoms with Crippen LogP contribution in [-0.2, 0) is 33.5 Å². The monoisotopic (exact) mass is 628 g/mol. The van der Waals surface area contributed by atoms with Gasteiger partial charge in [-0.1, -0.05) is 50.3 Å². The number of aryl methyl sites for hydroxylation is 3. The van der Waals surface area contributed by atoms with Gasteiger partial charge in [-0.25, -0.2) is 17.4 Å². The minimum atomic E-state index is -3.90. The number of hydrogen-bond acceptors (Lipinski definition) is 6. The van der Waals surface area contributed by atoms with Gasteiger partial charge in [0.15, 0.2) is 0 Å². The van der Waals surface area contributed by atoms with E-state index in [4.69, 9.17) is 9.72 Å². The van der Waals surface area contributed by atoms with Crippen molar-refractivity contribution in [3.63, 3.8) is 0 Å². The summed E-state index contributed by atoms with van der Waals surface area (Å²) in [4.78, 5) is 5.07. The van der Waals surface area contributed by atoms with Crippen LogP contribution >= 0.6 is 0 Å². The molecule has 2 aromatic heterocycles. The van der Waals surface area contributed by atoms with Crippen LogP contribution in [0.25, 0.3) is 21.9 Å². The van der Waals surface area contributed by atoms with E-state index in [1.165, 1.54) is 3.97 Å². The number of nitriles is 1. The third-order valence-corrected chi connectivity index (χ3v) is 11.6. The molecule has 0 bridgehead atoms. The maximum absolute atomic E-state index is 13.9. The Labute approximate surface area is 260 Å². The van der Waals surface area contributed by atoms with E-state index in [9.17, 15) is 18.8 Å². The second-order valence-electron chi connectivity index (χ2n) is 12.9. The Hall–Kier alpha value is -3.75. The van der Waals surface area contributed by atoms with Crippen LogP contribution < -0.4 is 0 Å². The lowest BCUT2D eigenvalue weighted by atomic mass is 9.85. The Morgan fingerprint density at radius 3 is 2.41 bits per heavy atom. The van der Waals surface area contributed by atoms with Crippen LogP contribution in [0.4, 0.5) is 0 Å². The molecule has 0 aliphatic heterocycles. The number of fused-ring (bicyclic) bond motifs is 2. The standard InChI is InChI=1S/C34H40N4O4SSi/c1-8-26-19-24(3)32-28(15-16-38(32)43(40,41)27-12-9-23(2)10-13-27)31(26)34(4,39)33-36-29-20-25(21-35)11-14-30(29)37(33)22-42-17-18-44(5,6)7/h9-16,19-20,39H,8,17-18,22H2,1-7H3. The molecule has 0 fully saturated rings. The van der Waals surface area contributed by atoms with Crippen molar-refractivity contribution < 1.29 is 18.3 Å². The molecule has 0 aliphatic rings. The summed E-state index contributed by atoms with van der Waals surface area (Å²) < 4.78 is 37.0. The maximum atomic E-state index is 13.9. The minimum Gasteiger partial charge on any atom is -0.377 e. The molecule has 44 heavy (non-hydrogen) atoms. The summed E-state index contributed by atoms with van der Waals surface area (Å²) in [5.41, 5.74) is 3.92. The normalized spacial score (nSPS) is 13.8. The first-order chi connectivity index (χ1) is 20.7. The van der Waals surface area contributed by atoms with E-state index in [1.807, 2.05) is 37.5 Å². The smallest absolute Gasteiger partial charge is 0.268 e. The molecule has 3 aromatic carbocycles. The zero-order chi connectivity index (χ0) is 32.0. The molecule has 2 heterocycles. The second-order valence-corrected chi connectivity index (χ2v) is 20.3. The Balaban J connectivity index is 1.71. The molecule has 1 unspecified atom stereocenters. The molecular weight excluding hydrogens is 589 g/mol. The van der Waals surface area contributed by atoms with Crippen molar-refractivity contribution in [2.45, 2.75) is 77.0 Å². The fourth-order valence-corrected chi connectivity index (χ4v) is 7.97. The summed E-state index contributed by atoms with van der Waals surface area (Å²) in [5, 5.41) is 22.7. The molecule has 1 N–H and O–H groups in total. The zero-order valence-corrected chi connectivity index (χ0v) is 28.3. The van der Waals surface area contributed by atoms with E-state index in [2.05, 4.69) is 25.7 Å². The minimum absolute atomic E-state index is 0.178. The molecule has 5 aromatic rings. The first-order valence-corrected chi connectivity index (χ1v) is 20.0. The van der Waals surface area contributed by atoms with Gasteiger partial charge in [-0.15, -0.1) is 0 Å². The summed E-state index contributed by atoms with van der Waals surface area (Å²) >= 11 is 0. The fraction of sp³-hybridized carbons (Fsp3) is 0.353. The molecule has 5 rings (SSSR count). The van der Waals surface area contributed by atoms with Crippen LogP contribution in [0, 0.1) is 25.2 Å². The SMILES string of the molecule is CCc1cc(C)c2c(ccn2S(=O)(=O)c2ccc(C)cc2)c1C(C)(O)c1nc2cc(C#N)ccc2n1COCC[Si](C)(C)C. The van der Waals surface area contributed by atoms with E-state index in [0.29, 0.717) is 46.4 Å². The molecule has 10 heteroatoms. The average molecular weight is 629 g/mol. The highest BCUT2D eigenvalue weighted by atomic mass is 32.2. The van der Waals surface area contributed by atoms with Crippen LogP contribution in [0.3, 0.4) is 0 Å². The number of nitrogens with zero attached hydrogens (tertiary/aromatic N) is 4. The molecule has 0 spiro atoms. The number of aromatic nitrogens is 3. The van der Waals surface area contributed by atoms with Crippen molar-refractivity contribution in [1.29, 1.82) is 5.26 Å². The van der Waals surface area contributed by atoms with E-state index in [1.54, 1.807) is 55.6 Å². The van der Waals surface area contributed by atoms with E-state index >= 15 is 0 Å². The van der Waals surface area contributed by atoms with Gasteiger partial charge < -0.3 is 14.4 Å². The zero-order valence-electron chi connectivity index (χ0n) is 26.5. The third-order valence-electron chi connectivity index (χ3n) is 8.18. The summed E-state index contributed by atoms with van der Waals surface area (Å²) in [7, 11) is -5.23. The molecule has 1 atom stereocenters. The summed E-state index contributed by atoms with van der Waals surface area (Å²) in [6.45, 7) is 15.2. The second kappa shape index (κ2) is 11.6. The highest BCUT2D eigenvalue weighted by molar-refractivity contribution is 7.90. The molecule has 0 radical (unpaired) electrons. The lowest BCUT2D eigenvalue weighted by molar-refractivity contribution is 0.0567. The Kier molecular flexibility index (Phi) is 8.37. The van der Waals surface area contributed by atoms with Gasteiger partial charge in [-0.3, -0.25) is 0 Å². The average Bonchev–Trinajstić information content (AvgIpc) is 3.58.